The van der Waals surface area contributed by atoms with Crippen LogP contribution in [0.3, 0.4) is 0 Å². The molecule has 0 fully saturated rings. The molecule has 6 heteroatoms. The van der Waals surface area contributed by atoms with E-state index in [9.17, 15) is 5.26 Å². The molecule has 3 heterocycles. The molecule has 0 unspecified atom stereocenters. The summed E-state index contributed by atoms with van der Waals surface area (Å²) < 4.78 is 2.30. The lowest BCUT2D eigenvalue weighted by atomic mass is 9.97. The molecule has 0 saturated heterocycles. The van der Waals surface area contributed by atoms with Crippen LogP contribution in [0, 0.1) is 11.3 Å². The van der Waals surface area contributed by atoms with Gasteiger partial charge in [-0.2, -0.15) is 5.26 Å². The van der Waals surface area contributed by atoms with Crippen molar-refractivity contribution >= 4 is 21.8 Å². The van der Waals surface area contributed by atoms with Crippen LogP contribution >= 0.6 is 0 Å². The number of fused-ring (bicyclic) bond motifs is 3. The minimum Gasteiger partial charge on any atom is -0.308 e. The molecule has 0 saturated carbocycles. The molecular formula is C57H36N6. The van der Waals surface area contributed by atoms with Gasteiger partial charge in [0, 0.05) is 44.2 Å². The van der Waals surface area contributed by atoms with Gasteiger partial charge < -0.3 is 4.57 Å². The van der Waals surface area contributed by atoms with Crippen LogP contribution in [-0.2, 0) is 0 Å². The van der Waals surface area contributed by atoms with Crippen molar-refractivity contribution in [3.8, 4) is 90.7 Å². The third-order valence-corrected chi connectivity index (χ3v) is 11.5. The van der Waals surface area contributed by atoms with Gasteiger partial charge in [-0.05, 0) is 53.6 Å². The molecule has 0 radical (unpaired) electrons. The molecule has 294 valence electrons. The Morgan fingerprint density at radius 2 is 0.778 bits per heavy atom. The largest absolute Gasteiger partial charge is 0.308 e. The predicted octanol–water partition coefficient (Wildman–Crippen LogP) is 13.9. The van der Waals surface area contributed by atoms with Gasteiger partial charge >= 0.3 is 0 Å². The Labute approximate surface area is 364 Å². The molecule has 0 aliphatic carbocycles. The topological polar surface area (TPSA) is 80.3 Å². The molecule has 0 aliphatic rings. The summed E-state index contributed by atoms with van der Waals surface area (Å²) >= 11 is 0. The van der Waals surface area contributed by atoms with Crippen LogP contribution < -0.4 is 0 Å². The summed E-state index contributed by atoms with van der Waals surface area (Å²) in [5.74, 6) is 1.06. The van der Waals surface area contributed by atoms with Crippen molar-refractivity contribution in [3.05, 3.63) is 224 Å². The quantitative estimate of drug-likeness (QED) is 0.153. The first-order chi connectivity index (χ1) is 31.2. The normalized spacial score (nSPS) is 11.2. The van der Waals surface area contributed by atoms with E-state index in [-0.39, 0.29) is 0 Å². The summed E-state index contributed by atoms with van der Waals surface area (Å²) in [7, 11) is 0. The summed E-state index contributed by atoms with van der Waals surface area (Å²) in [4.78, 5) is 21.2. The number of nitrogens with zero attached hydrogens (tertiary/aromatic N) is 6. The standard InChI is InChI=1S/C57H36N6/c58-37-38-32-47(52-36-51(42-24-12-4-13-25-42)59-56(62-52)43-26-14-5-15-27-43)55(63-53-29-17-16-28-45(53)46-34-44(30-31-54(46)63)39-18-6-1-7-19-39)48(33-38)57-60-49(40-20-8-2-9-21-40)35-50(61-57)41-22-10-3-11-23-41/h1-36H. The fourth-order valence-electron chi connectivity index (χ4n) is 8.47. The van der Waals surface area contributed by atoms with E-state index in [1.807, 2.05) is 115 Å². The second-order valence-electron chi connectivity index (χ2n) is 15.4. The average molecular weight is 805 g/mol. The fraction of sp³-hybridized carbons (Fsp3) is 0. The monoisotopic (exact) mass is 804 g/mol. The molecule has 8 aromatic carbocycles. The van der Waals surface area contributed by atoms with Crippen LogP contribution in [-0.4, -0.2) is 24.5 Å². The number of para-hydroxylation sites is 1. The maximum Gasteiger partial charge on any atom is 0.162 e. The van der Waals surface area contributed by atoms with Gasteiger partial charge in [0.1, 0.15) is 0 Å². The fourth-order valence-corrected chi connectivity index (χ4v) is 8.47. The zero-order valence-electron chi connectivity index (χ0n) is 34.0. The molecule has 0 atom stereocenters. The van der Waals surface area contributed by atoms with E-state index in [0.29, 0.717) is 28.5 Å². The highest BCUT2D eigenvalue weighted by Crippen LogP contribution is 2.43. The molecule has 6 nitrogen and oxygen atoms in total. The van der Waals surface area contributed by atoms with Crippen molar-refractivity contribution in [3.63, 3.8) is 0 Å². The maximum absolute atomic E-state index is 10.9. The Kier molecular flexibility index (Phi) is 9.45. The van der Waals surface area contributed by atoms with Gasteiger partial charge in [0.15, 0.2) is 11.6 Å². The number of hydrogen-bond donors (Lipinski definition) is 0. The third-order valence-electron chi connectivity index (χ3n) is 11.5. The molecule has 0 bridgehead atoms. The lowest BCUT2D eigenvalue weighted by Crippen LogP contribution is -2.06. The van der Waals surface area contributed by atoms with Crippen molar-refractivity contribution < 1.29 is 0 Å². The van der Waals surface area contributed by atoms with E-state index in [2.05, 4.69) is 114 Å². The molecule has 0 spiro atoms. The van der Waals surface area contributed by atoms with Crippen molar-refractivity contribution in [2.24, 2.45) is 0 Å². The van der Waals surface area contributed by atoms with Crippen LogP contribution in [0.4, 0.5) is 0 Å². The maximum atomic E-state index is 10.9. The number of aromatic nitrogens is 5. The minimum absolute atomic E-state index is 0.451. The molecule has 11 aromatic rings. The highest BCUT2D eigenvalue weighted by atomic mass is 15.0. The zero-order chi connectivity index (χ0) is 42.1. The molecule has 3 aromatic heterocycles. The van der Waals surface area contributed by atoms with Crippen LogP contribution in [0.2, 0.25) is 0 Å². The van der Waals surface area contributed by atoms with Crippen LogP contribution in [0.1, 0.15) is 5.56 Å². The smallest absolute Gasteiger partial charge is 0.162 e. The second-order valence-corrected chi connectivity index (χ2v) is 15.4. The third kappa shape index (κ3) is 7.00. The van der Waals surface area contributed by atoms with E-state index in [0.717, 1.165) is 83.5 Å². The summed E-state index contributed by atoms with van der Waals surface area (Å²) in [5.41, 5.74) is 13.6. The Bertz CT molecular complexity index is 3220. The summed E-state index contributed by atoms with van der Waals surface area (Å²) in [6.45, 7) is 0. The van der Waals surface area contributed by atoms with E-state index >= 15 is 0 Å². The Balaban J connectivity index is 1.28. The number of hydrogen-bond acceptors (Lipinski definition) is 5. The first kappa shape index (κ1) is 37.2. The Morgan fingerprint density at radius 1 is 0.333 bits per heavy atom. The van der Waals surface area contributed by atoms with Crippen LogP contribution in [0.25, 0.3) is 106 Å². The van der Waals surface area contributed by atoms with E-state index < -0.39 is 0 Å². The van der Waals surface area contributed by atoms with Gasteiger partial charge in [0.2, 0.25) is 0 Å². The van der Waals surface area contributed by atoms with Crippen LogP contribution in [0.5, 0.6) is 0 Å². The molecule has 0 aliphatic heterocycles. The summed E-state index contributed by atoms with van der Waals surface area (Å²) in [5, 5.41) is 13.1. The summed E-state index contributed by atoms with van der Waals surface area (Å²) in [6.07, 6.45) is 0. The molecule has 63 heavy (non-hydrogen) atoms. The first-order valence-electron chi connectivity index (χ1n) is 20.9. The highest BCUT2D eigenvalue weighted by Gasteiger charge is 2.25. The number of rotatable bonds is 8. The molecular weight excluding hydrogens is 769 g/mol. The lowest BCUT2D eigenvalue weighted by molar-refractivity contribution is 1.13. The van der Waals surface area contributed by atoms with Crippen molar-refractivity contribution in [1.29, 1.82) is 5.26 Å². The molecule has 11 rings (SSSR count). The van der Waals surface area contributed by atoms with Crippen molar-refractivity contribution in [2.45, 2.75) is 0 Å². The Morgan fingerprint density at radius 3 is 1.35 bits per heavy atom. The van der Waals surface area contributed by atoms with Gasteiger partial charge in [-0.15, -0.1) is 0 Å². The van der Waals surface area contributed by atoms with Crippen molar-refractivity contribution in [2.75, 3.05) is 0 Å². The first-order valence-corrected chi connectivity index (χ1v) is 20.9. The zero-order valence-corrected chi connectivity index (χ0v) is 34.0. The number of nitriles is 1. The van der Waals surface area contributed by atoms with E-state index in [4.69, 9.17) is 19.9 Å². The number of benzene rings is 8. The van der Waals surface area contributed by atoms with Crippen molar-refractivity contribution in [1.82, 2.24) is 24.5 Å². The Hall–Kier alpha value is -8.79. The average Bonchev–Trinajstić information content (AvgIpc) is 3.70. The summed E-state index contributed by atoms with van der Waals surface area (Å²) in [6, 6.07) is 76.6. The minimum atomic E-state index is 0.451. The second kappa shape index (κ2) is 16.0. The predicted molar refractivity (Wildman–Crippen MR) is 255 cm³/mol. The highest BCUT2D eigenvalue weighted by molar-refractivity contribution is 6.11. The van der Waals surface area contributed by atoms with Gasteiger partial charge in [-0.1, -0.05) is 176 Å². The van der Waals surface area contributed by atoms with Crippen LogP contribution in [0.15, 0.2) is 218 Å². The van der Waals surface area contributed by atoms with Gasteiger partial charge in [-0.3, -0.25) is 0 Å². The molecule has 0 N–H and O–H groups in total. The van der Waals surface area contributed by atoms with E-state index in [1.165, 1.54) is 0 Å². The van der Waals surface area contributed by atoms with Gasteiger partial charge in [-0.25, -0.2) is 19.9 Å². The van der Waals surface area contributed by atoms with Gasteiger partial charge in [0.25, 0.3) is 0 Å². The van der Waals surface area contributed by atoms with E-state index in [1.54, 1.807) is 0 Å². The lowest BCUT2D eigenvalue weighted by Gasteiger charge is -2.20. The SMILES string of the molecule is N#Cc1cc(-c2cc(-c3ccccc3)nc(-c3ccccc3)n2)c(-n2c3ccccc3c3cc(-c4ccccc4)ccc32)c(-c2nc(-c3ccccc3)cc(-c3ccccc3)n2)c1. The molecule has 0 amide bonds. The van der Waals surface area contributed by atoms with Gasteiger partial charge in [0.05, 0.1) is 51.1 Å².